The highest BCUT2D eigenvalue weighted by molar-refractivity contribution is 5.89. The standard InChI is InChI=1S/C14H17NO5/c1-18-13(16)9-3-5-10(6-4-9)20-11-7-12(15-8-11)14(17)19-2/h3-6,11-12,15H,7-8H2,1-2H3/t11-,12+/m1/s1. The quantitative estimate of drug-likeness (QED) is 0.820. The van der Waals surface area contributed by atoms with E-state index in [-0.39, 0.29) is 24.1 Å². The van der Waals surface area contributed by atoms with Crippen molar-refractivity contribution in [3.05, 3.63) is 29.8 Å². The SMILES string of the molecule is COC(=O)c1ccc(O[C@H]2CN[C@H](C(=O)OC)C2)cc1. The second kappa shape index (κ2) is 6.38. The lowest BCUT2D eigenvalue weighted by Gasteiger charge is -2.13. The van der Waals surface area contributed by atoms with Crippen LogP contribution in [0.4, 0.5) is 0 Å². The summed E-state index contributed by atoms with van der Waals surface area (Å²) in [4.78, 5) is 22.7. The first kappa shape index (κ1) is 14.3. The van der Waals surface area contributed by atoms with Crippen molar-refractivity contribution in [1.29, 1.82) is 0 Å². The average molecular weight is 279 g/mol. The molecule has 0 aromatic heterocycles. The number of methoxy groups -OCH3 is 2. The summed E-state index contributed by atoms with van der Waals surface area (Å²) in [5, 5.41) is 3.04. The molecule has 0 saturated carbocycles. The van der Waals surface area contributed by atoms with E-state index in [1.165, 1.54) is 14.2 Å². The van der Waals surface area contributed by atoms with E-state index >= 15 is 0 Å². The molecule has 108 valence electrons. The van der Waals surface area contributed by atoms with Gasteiger partial charge in [0.05, 0.1) is 19.8 Å². The molecule has 1 saturated heterocycles. The van der Waals surface area contributed by atoms with E-state index in [9.17, 15) is 9.59 Å². The van der Waals surface area contributed by atoms with E-state index in [4.69, 9.17) is 4.74 Å². The van der Waals surface area contributed by atoms with Crippen LogP contribution < -0.4 is 10.1 Å². The van der Waals surface area contributed by atoms with Gasteiger partial charge >= 0.3 is 11.9 Å². The van der Waals surface area contributed by atoms with Gasteiger partial charge in [-0.25, -0.2) is 4.79 Å². The third-order valence-corrected chi connectivity index (χ3v) is 3.15. The van der Waals surface area contributed by atoms with Crippen LogP contribution >= 0.6 is 0 Å². The Kier molecular flexibility index (Phi) is 4.57. The molecule has 1 fully saturated rings. The molecule has 0 bridgehead atoms. The first-order valence-electron chi connectivity index (χ1n) is 6.30. The van der Waals surface area contributed by atoms with Crippen LogP contribution in [-0.4, -0.2) is 44.8 Å². The van der Waals surface area contributed by atoms with Crippen molar-refractivity contribution in [2.45, 2.75) is 18.6 Å². The molecular weight excluding hydrogens is 262 g/mol. The van der Waals surface area contributed by atoms with Gasteiger partial charge in [-0.2, -0.15) is 0 Å². The van der Waals surface area contributed by atoms with E-state index in [0.29, 0.717) is 24.3 Å². The number of carbonyl (C=O) groups excluding carboxylic acids is 2. The zero-order valence-electron chi connectivity index (χ0n) is 11.4. The maximum Gasteiger partial charge on any atom is 0.337 e. The van der Waals surface area contributed by atoms with Crippen LogP contribution in [0, 0.1) is 0 Å². The molecule has 1 aromatic rings. The van der Waals surface area contributed by atoms with E-state index < -0.39 is 0 Å². The number of carbonyl (C=O) groups is 2. The summed E-state index contributed by atoms with van der Waals surface area (Å²) >= 11 is 0. The molecule has 0 unspecified atom stereocenters. The van der Waals surface area contributed by atoms with Crippen molar-refractivity contribution in [3.8, 4) is 5.75 Å². The lowest BCUT2D eigenvalue weighted by molar-refractivity contribution is -0.142. The van der Waals surface area contributed by atoms with Crippen molar-refractivity contribution in [2.24, 2.45) is 0 Å². The maximum atomic E-state index is 11.4. The summed E-state index contributed by atoms with van der Waals surface area (Å²) in [6.45, 7) is 0.582. The van der Waals surface area contributed by atoms with E-state index in [2.05, 4.69) is 14.8 Å². The summed E-state index contributed by atoms with van der Waals surface area (Å²) in [5.74, 6) is -0.0167. The predicted octanol–water partition coefficient (Wildman–Crippen LogP) is 0.755. The number of nitrogens with one attached hydrogen (secondary N) is 1. The highest BCUT2D eigenvalue weighted by Gasteiger charge is 2.31. The molecule has 1 aliphatic heterocycles. The number of esters is 2. The van der Waals surface area contributed by atoms with Crippen LogP contribution in [0.3, 0.4) is 0 Å². The van der Waals surface area contributed by atoms with Gasteiger partial charge in [-0.05, 0) is 24.3 Å². The highest BCUT2D eigenvalue weighted by Crippen LogP contribution is 2.18. The molecule has 6 nitrogen and oxygen atoms in total. The number of hydrogen-bond donors (Lipinski definition) is 1. The fraction of sp³-hybridized carbons (Fsp3) is 0.429. The number of hydrogen-bond acceptors (Lipinski definition) is 6. The summed E-state index contributed by atoms with van der Waals surface area (Å²) in [6, 6.07) is 6.37. The minimum absolute atomic E-state index is 0.0944. The average Bonchev–Trinajstić information content (AvgIpc) is 2.95. The van der Waals surface area contributed by atoms with Gasteiger partial charge < -0.3 is 19.5 Å². The molecule has 2 rings (SSSR count). The molecule has 1 aromatic carbocycles. The number of ether oxygens (including phenoxy) is 3. The van der Waals surface area contributed by atoms with Gasteiger partial charge in [0.15, 0.2) is 0 Å². The molecule has 0 aliphatic carbocycles. The predicted molar refractivity (Wildman–Crippen MR) is 70.6 cm³/mol. The molecule has 0 radical (unpaired) electrons. The summed E-state index contributed by atoms with van der Waals surface area (Å²) in [7, 11) is 2.70. The van der Waals surface area contributed by atoms with Gasteiger partial charge in [0.2, 0.25) is 0 Å². The Morgan fingerprint density at radius 2 is 1.85 bits per heavy atom. The van der Waals surface area contributed by atoms with Crippen LogP contribution in [0.1, 0.15) is 16.8 Å². The molecule has 0 spiro atoms. The topological polar surface area (TPSA) is 73.9 Å². The third kappa shape index (κ3) is 3.27. The van der Waals surface area contributed by atoms with Crippen LogP contribution in [0.5, 0.6) is 5.75 Å². The molecule has 1 N–H and O–H groups in total. The minimum Gasteiger partial charge on any atom is -0.489 e. The largest absolute Gasteiger partial charge is 0.489 e. The zero-order chi connectivity index (χ0) is 14.5. The highest BCUT2D eigenvalue weighted by atomic mass is 16.5. The fourth-order valence-electron chi connectivity index (χ4n) is 2.09. The number of rotatable bonds is 4. The lowest BCUT2D eigenvalue weighted by Crippen LogP contribution is -2.31. The number of benzene rings is 1. The van der Waals surface area contributed by atoms with E-state index in [1.807, 2.05) is 0 Å². The van der Waals surface area contributed by atoms with Crippen LogP contribution in [0.25, 0.3) is 0 Å². The first-order chi connectivity index (χ1) is 9.63. The normalized spacial score (nSPS) is 21.3. The van der Waals surface area contributed by atoms with Gasteiger partial charge in [0.25, 0.3) is 0 Å². The maximum absolute atomic E-state index is 11.4. The Hall–Kier alpha value is -2.08. The van der Waals surface area contributed by atoms with Crippen LogP contribution in [0.2, 0.25) is 0 Å². The van der Waals surface area contributed by atoms with Crippen molar-refractivity contribution in [1.82, 2.24) is 5.32 Å². The van der Waals surface area contributed by atoms with Crippen LogP contribution in [-0.2, 0) is 14.3 Å². The molecule has 20 heavy (non-hydrogen) atoms. The second-order valence-corrected chi connectivity index (χ2v) is 4.48. The molecule has 0 amide bonds. The summed E-state index contributed by atoms with van der Waals surface area (Å²) in [6.07, 6.45) is 0.467. The Morgan fingerprint density at radius 3 is 2.45 bits per heavy atom. The summed E-state index contributed by atoms with van der Waals surface area (Å²) < 4.78 is 15.0. The van der Waals surface area contributed by atoms with Gasteiger partial charge in [-0.3, -0.25) is 4.79 Å². The van der Waals surface area contributed by atoms with Crippen molar-refractivity contribution in [3.63, 3.8) is 0 Å². The zero-order valence-corrected chi connectivity index (χ0v) is 11.4. The van der Waals surface area contributed by atoms with E-state index in [0.717, 1.165) is 0 Å². The van der Waals surface area contributed by atoms with Gasteiger partial charge in [0.1, 0.15) is 17.9 Å². The van der Waals surface area contributed by atoms with Gasteiger partial charge in [0, 0.05) is 13.0 Å². The molecule has 2 atom stereocenters. The molecule has 6 heteroatoms. The molecule has 1 heterocycles. The Morgan fingerprint density at radius 1 is 1.15 bits per heavy atom. The smallest absolute Gasteiger partial charge is 0.337 e. The molecular formula is C14H17NO5. The second-order valence-electron chi connectivity index (χ2n) is 4.48. The van der Waals surface area contributed by atoms with Crippen LogP contribution in [0.15, 0.2) is 24.3 Å². The van der Waals surface area contributed by atoms with Crippen molar-refractivity contribution < 1.29 is 23.8 Å². The fourth-order valence-corrected chi connectivity index (χ4v) is 2.09. The lowest BCUT2D eigenvalue weighted by atomic mass is 10.2. The monoisotopic (exact) mass is 279 g/mol. The van der Waals surface area contributed by atoms with E-state index in [1.54, 1.807) is 24.3 Å². The Bertz CT molecular complexity index is 485. The Labute approximate surface area is 117 Å². The van der Waals surface area contributed by atoms with Gasteiger partial charge in [-0.15, -0.1) is 0 Å². The third-order valence-electron chi connectivity index (χ3n) is 3.15. The van der Waals surface area contributed by atoms with Crippen molar-refractivity contribution >= 4 is 11.9 Å². The first-order valence-corrected chi connectivity index (χ1v) is 6.30. The Balaban J connectivity index is 1.91. The summed E-state index contributed by atoms with van der Waals surface area (Å²) in [5.41, 5.74) is 0.469. The molecule has 1 aliphatic rings. The van der Waals surface area contributed by atoms with Gasteiger partial charge in [-0.1, -0.05) is 0 Å². The minimum atomic E-state index is -0.384. The van der Waals surface area contributed by atoms with Crippen molar-refractivity contribution in [2.75, 3.05) is 20.8 Å².